The van der Waals surface area contributed by atoms with Crippen molar-refractivity contribution in [2.24, 2.45) is 13.0 Å². The van der Waals surface area contributed by atoms with E-state index in [9.17, 15) is 0 Å². The van der Waals surface area contributed by atoms with Crippen LogP contribution in [0.5, 0.6) is 0 Å². The second-order valence-electron chi connectivity index (χ2n) is 5.68. The molecule has 0 spiro atoms. The number of rotatable bonds is 3. The summed E-state index contributed by atoms with van der Waals surface area (Å²) in [6.45, 7) is 7.71. The van der Waals surface area contributed by atoms with Crippen LogP contribution in [0, 0.1) is 12.8 Å². The fourth-order valence-corrected chi connectivity index (χ4v) is 2.85. The Morgan fingerprint density at radius 3 is 2.39 bits per heavy atom. The van der Waals surface area contributed by atoms with Crippen molar-refractivity contribution >= 4 is 11.5 Å². The maximum atomic E-state index is 6.12. The third-order valence-electron chi connectivity index (χ3n) is 4.12. The van der Waals surface area contributed by atoms with Gasteiger partial charge in [0.1, 0.15) is 5.82 Å². The first-order valence-corrected chi connectivity index (χ1v) is 6.91. The van der Waals surface area contributed by atoms with Crippen LogP contribution in [-0.4, -0.2) is 47.4 Å². The summed E-state index contributed by atoms with van der Waals surface area (Å²) in [5, 5.41) is 4.40. The average molecular weight is 249 g/mol. The Kier molecular flexibility index (Phi) is 2.93. The van der Waals surface area contributed by atoms with Crippen LogP contribution < -0.4 is 10.6 Å². The van der Waals surface area contributed by atoms with E-state index in [1.807, 2.05) is 18.7 Å². The van der Waals surface area contributed by atoms with Crippen LogP contribution in [0.4, 0.5) is 11.5 Å². The Hall–Kier alpha value is -1.23. The van der Waals surface area contributed by atoms with Crippen LogP contribution in [0.3, 0.4) is 0 Å². The van der Waals surface area contributed by atoms with E-state index in [1.165, 1.54) is 19.4 Å². The molecule has 1 aliphatic heterocycles. The van der Waals surface area contributed by atoms with Gasteiger partial charge in [-0.3, -0.25) is 9.58 Å². The molecule has 1 saturated carbocycles. The summed E-state index contributed by atoms with van der Waals surface area (Å²) in [5.74, 6) is 2.08. The van der Waals surface area contributed by atoms with Gasteiger partial charge >= 0.3 is 0 Å². The van der Waals surface area contributed by atoms with Gasteiger partial charge in [0.2, 0.25) is 0 Å². The summed E-state index contributed by atoms with van der Waals surface area (Å²) in [6.07, 6.45) is 2.88. The molecule has 0 bridgehead atoms. The standard InChI is InChI=1S/C13H23N5/c1-10-12(14)13(16(2)15-10)18-7-5-17(6-8-18)9-11-3-4-11/h11H,3-9,14H2,1-2H3. The number of hydrogen-bond donors (Lipinski definition) is 1. The molecule has 18 heavy (non-hydrogen) atoms. The maximum Gasteiger partial charge on any atom is 0.150 e. The lowest BCUT2D eigenvalue weighted by Gasteiger charge is -2.36. The highest BCUT2D eigenvalue weighted by molar-refractivity contribution is 5.66. The number of nitrogen functional groups attached to an aromatic ring is 1. The average Bonchev–Trinajstić information content (AvgIpc) is 3.11. The highest BCUT2D eigenvalue weighted by Gasteiger charge is 2.27. The molecule has 5 heteroatoms. The molecule has 5 nitrogen and oxygen atoms in total. The second kappa shape index (κ2) is 4.46. The van der Waals surface area contributed by atoms with Gasteiger partial charge in [0.15, 0.2) is 0 Å². The zero-order valence-corrected chi connectivity index (χ0v) is 11.4. The van der Waals surface area contributed by atoms with Crippen LogP contribution in [-0.2, 0) is 7.05 Å². The van der Waals surface area contributed by atoms with Crippen molar-refractivity contribution in [2.45, 2.75) is 19.8 Å². The van der Waals surface area contributed by atoms with E-state index in [-0.39, 0.29) is 0 Å². The van der Waals surface area contributed by atoms with Crippen LogP contribution in [0.2, 0.25) is 0 Å². The number of nitrogens with zero attached hydrogens (tertiary/aromatic N) is 4. The summed E-state index contributed by atoms with van der Waals surface area (Å²) in [4.78, 5) is 4.96. The molecular weight excluding hydrogens is 226 g/mol. The van der Waals surface area contributed by atoms with E-state index in [0.717, 1.165) is 49.3 Å². The molecule has 2 N–H and O–H groups in total. The van der Waals surface area contributed by atoms with Gasteiger partial charge in [-0.1, -0.05) is 0 Å². The first kappa shape index (κ1) is 11.8. The Bertz CT molecular complexity index is 427. The SMILES string of the molecule is Cc1nn(C)c(N2CCN(CC3CC3)CC2)c1N. The summed E-state index contributed by atoms with van der Waals surface area (Å²) in [6, 6.07) is 0. The Labute approximate surface area is 109 Å². The van der Waals surface area contributed by atoms with Gasteiger partial charge in [0.05, 0.1) is 11.4 Å². The van der Waals surface area contributed by atoms with Crippen molar-refractivity contribution in [3.05, 3.63) is 5.69 Å². The largest absolute Gasteiger partial charge is 0.394 e. The molecule has 2 heterocycles. The summed E-state index contributed by atoms with van der Waals surface area (Å²) >= 11 is 0. The lowest BCUT2D eigenvalue weighted by molar-refractivity contribution is 0.247. The molecule has 1 aliphatic carbocycles. The number of aryl methyl sites for hydroxylation is 2. The molecule has 1 aromatic rings. The number of hydrogen-bond acceptors (Lipinski definition) is 4. The Morgan fingerprint density at radius 1 is 1.22 bits per heavy atom. The highest BCUT2D eigenvalue weighted by Crippen LogP contribution is 2.31. The molecule has 3 rings (SSSR count). The minimum atomic E-state index is 0.841. The molecule has 0 aromatic carbocycles. The predicted octanol–water partition coefficient (Wildman–Crippen LogP) is 0.843. The van der Waals surface area contributed by atoms with E-state index in [4.69, 9.17) is 5.73 Å². The smallest absolute Gasteiger partial charge is 0.150 e. The molecule has 0 amide bonds. The second-order valence-corrected chi connectivity index (χ2v) is 5.68. The van der Waals surface area contributed by atoms with Crippen molar-refractivity contribution < 1.29 is 0 Å². The van der Waals surface area contributed by atoms with Gasteiger partial charge in [-0.05, 0) is 25.7 Å². The van der Waals surface area contributed by atoms with Crippen molar-refractivity contribution in [1.82, 2.24) is 14.7 Å². The van der Waals surface area contributed by atoms with Gasteiger partial charge in [0.25, 0.3) is 0 Å². The molecule has 2 aliphatic rings. The Morgan fingerprint density at radius 2 is 1.89 bits per heavy atom. The number of nitrogens with two attached hydrogens (primary N) is 1. The van der Waals surface area contributed by atoms with E-state index in [1.54, 1.807) is 0 Å². The summed E-state index contributed by atoms with van der Waals surface area (Å²) < 4.78 is 1.92. The maximum absolute atomic E-state index is 6.12. The van der Waals surface area contributed by atoms with E-state index < -0.39 is 0 Å². The quantitative estimate of drug-likeness (QED) is 0.862. The highest BCUT2D eigenvalue weighted by atomic mass is 15.4. The number of anilines is 2. The fraction of sp³-hybridized carbons (Fsp3) is 0.769. The van der Waals surface area contributed by atoms with Gasteiger partial charge in [-0.2, -0.15) is 5.10 Å². The molecule has 0 radical (unpaired) electrons. The van der Waals surface area contributed by atoms with Crippen LogP contribution >= 0.6 is 0 Å². The van der Waals surface area contributed by atoms with E-state index in [0.29, 0.717) is 0 Å². The summed E-state index contributed by atoms with van der Waals surface area (Å²) in [5.41, 5.74) is 7.90. The first-order valence-electron chi connectivity index (χ1n) is 6.91. The van der Waals surface area contributed by atoms with E-state index >= 15 is 0 Å². The van der Waals surface area contributed by atoms with Gasteiger partial charge in [0, 0.05) is 39.8 Å². The van der Waals surface area contributed by atoms with Crippen molar-refractivity contribution in [3.63, 3.8) is 0 Å². The van der Waals surface area contributed by atoms with Crippen molar-refractivity contribution in [1.29, 1.82) is 0 Å². The van der Waals surface area contributed by atoms with Gasteiger partial charge in [-0.25, -0.2) is 0 Å². The van der Waals surface area contributed by atoms with Gasteiger partial charge in [-0.15, -0.1) is 0 Å². The van der Waals surface area contributed by atoms with E-state index in [2.05, 4.69) is 14.9 Å². The minimum Gasteiger partial charge on any atom is -0.394 e. The lowest BCUT2D eigenvalue weighted by atomic mass is 10.2. The van der Waals surface area contributed by atoms with Crippen LogP contribution in [0.25, 0.3) is 0 Å². The molecule has 0 unspecified atom stereocenters. The zero-order chi connectivity index (χ0) is 12.7. The van der Waals surface area contributed by atoms with Crippen molar-refractivity contribution in [2.75, 3.05) is 43.4 Å². The van der Waals surface area contributed by atoms with Crippen molar-refractivity contribution in [3.8, 4) is 0 Å². The topological polar surface area (TPSA) is 50.3 Å². The normalized spacial score (nSPS) is 21.6. The number of aromatic nitrogens is 2. The molecule has 0 atom stereocenters. The third-order valence-corrected chi connectivity index (χ3v) is 4.12. The minimum absolute atomic E-state index is 0.841. The fourth-order valence-electron chi connectivity index (χ4n) is 2.85. The monoisotopic (exact) mass is 249 g/mol. The Balaban J connectivity index is 1.64. The molecule has 100 valence electrons. The molecule has 1 aromatic heterocycles. The molecular formula is C13H23N5. The lowest BCUT2D eigenvalue weighted by Crippen LogP contribution is -2.47. The summed E-state index contributed by atoms with van der Waals surface area (Å²) in [7, 11) is 1.98. The van der Waals surface area contributed by atoms with Crippen LogP contribution in [0.15, 0.2) is 0 Å². The third kappa shape index (κ3) is 2.19. The molecule has 2 fully saturated rings. The molecule has 1 saturated heterocycles. The predicted molar refractivity (Wildman–Crippen MR) is 73.7 cm³/mol. The van der Waals surface area contributed by atoms with Gasteiger partial charge < -0.3 is 10.6 Å². The number of piperazine rings is 1. The first-order chi connectivity index (χ1) is 8.65. The van der Waals surface area contributed by atoms with Crippen LogP contribution in [0.1, 0.15) is 18.5 Å². The zero-order valence-electron chi connectivity index (χ0n) is 11.4.